The number of nitrogens with one attached hydrogen (secondary N) is 1. The van der Waals surface area contributed by atoms with Gasteiger partial charge in [0.2, 0.25) is 0 Å². The molecule has 0 fully saturated rings. The Morgan fingerprint density at radius 3 is 2.67 bits per heavy atom. The summed E-state index contributed by atoms with van der Waals surface area (Å²) >= 11 is 6.09. The molecule has 0 radical (unpaired) electrons. The highest BCUT2D eigenvalue weighted by atomic mass is 35.5. The van der Waals surface area contributed by atoms with Crippen molar-refractivity contribution in [1.29, 1.82) is 0 Å². The number of nitrogens with zero attached hydrogens (tertiary/aromatic N) is 2. The molecule has 144 valence electrons. The van der Waals surface area contributed by atoms with Gasteiger partial charge in [-0.3, -0.25) is 10.2 Å². The van der Waals surface area contributed by atoms with Gasteiger partial charge in [-0.2, -0.15) is 5.10 Å². The number of benzene rings is 2. The number of ether oxygens (including phenoxy) is 2. The normalized spacial score (nSPS) is 11.9. The van der Waals surface area contributed by atoms with E-state index in [-0.39, 0.29) is 5.91 Å². The van der Waals surface area contributed by atoms with Crippen molar-refractivity contribution >= 4 is 29.4 Å². The Morgan fingerprint density at radius 2 is 2.00 bits per heavy atom. The van der Waals surface area contributed by atoms with Crippen LogP contribution in [0, 0.1) is 0 Å². The number of hydrogen-bond acceptors (Lipinski definition) is 5. The standard InChI is InChI=1S/C20H24ClN3O3/c1-5-26-19-12-15(13-22-23-17-9-7-6-8-16(17)21)10-11-18(19)27-14(2)20(25)24(3)4/h6-14,23H,5H2,1-4H3/b22-13-/t14-/m0/s1. The van der Waals surface area contributed by atoms with Gasteiger partial charge >= 0.3 is 0 Å². The molecular weight excluding hydrogens is 366 g/mol. The van der Waals surface area contributed by atoms with Crippen molar-refractivity contribution in [1.82, 2.24) is 4.90 Å². The largest absolute Gasteiger partial charge is 0.490 e. The first kappa shape index (κ1) is 20.6. The SMILES string of the molecule is CCOc1cc(/C=N\Nc2ccccc2Cl)ccc1O[C@@H](C)C(=O)N(C)C. The third-order valence-corrected chi connectivity index (χ3v) is 3.96. The van der Waals surface area contributed by atoms with Crippen molar-refractivity contribution in [2.24, 2.45) is 5.10 Å². The molecule has 1 N–H and O–H groups in total. The third-order valence-electron chi connectivity index (χ3n) is 3.63. The monoisotopic (exact) mass is 389 g/mol. The molecule has 6 nitrogen and oxygen atoms in total. The van der Waals surface area contributed by atoms with Crippen molar-refractivity contribution in [3.63, 3.8) is 0 Å². The summed E-state index contributed by atoms with van der Waals surface area (Å²) in [6.07, 6.45) is 1.05. The van der Waals surface area contributed by atoms with Crippen LogP contribution >= 0.6 is 11.6 Å². The zero-order chi connectivity index (χ0) is 19.8. The number of rotatable bonds is 8. The predicted molar refractivity (Wildman–Crippen MR) is 109 cm³/mol. The van der Waals surface area contributed by atoms with Crippen LogP contribution < -0.4 is 14.9 Å². The van der Waals surface area contributed by atoms with Crippen LogP contribution in [0.2, 0.25) is 5.02 Å². The summed E-state index contributed by atoms with van der Waals surface area (Å²) in [6, 6.07) is 12.8. The summed E-state index contributed by atoms with van der Waals surface area (Å²) in [5.74, 6) is 0.945. The number of likely N-dealkylation sites (N-methyl/N-ethyl adjacent to an activating group) is 1. The summed E-state index contributed by atoms with van der Waals surface area (Å²) in [7, 11) is 3.38. The van der Waals surface area contributed by atoms with Crippen LogP contribution in [0.5, 0.6) is 11.5 Å². The minimum Gasteiger partial charge on any atom is -0.490 e. The number of amides is 1. The number of para-hydroxylation sites is 1. The van der Waals surface area contributed by atoms with Gasteiger partial charge in [0.15, 0.2) is 17.6 Å². The molecule has 2 rings (SSSR count). The third kappa shape index (κ3) is 5.89. The molecule has 0 aliphatic carbocycles. The summed E-state index contributed by atoms with van der Waals surface area (Å²) in [5.41, 5.74) is 4.44. The Hall–Kier alpha value is -2.73. The van der Waals surface area contributed by atoms with Crippen LogP contribution in [0.1, 0.15) is 19.4 Å². The van der Waals surface area contributed by atoms with E-state index in [1.807, 2.05) is 37.3 Å². The smallest absolute Gasteiger partial charge is 0.262 e. The molecule has 0 spiro atoms. The van der Waals surface area contributed by atoms with E-state index in [9.17, 15) is 4.79 Å². The van der Waals surface area contributed by atoms with Crippen LogP contribution in [-0.4, -0.2) is 43.8 Å². The average molecular weight is 390 g/mol. The molecule has 0 heterocycles. The molecule has 2 aromatic rings. The molecule has 27 heavy (non-hydrogen) atoms. The van der Waals surface area contributed by atoms with E-state index in [0.29, 0.717) is 23.1 Å². The number of carbonyl (C=O) groups excluding carboxylic acids is 1. The van der Waals surface area contributed by atoms with Gasteiger partial charge in [-0.25, -0.2) is 0 Å². The topological polar surface area (TPSA) is 63.2 Å². The highest BCUT2D eigenvalue weighted by molar-refractivity contribution is 6.33. The summed E-state index contributed by atoms with van der Waals surface area (Å²) in [5, 5.41) is 4.79. The maximum absolute atomic E-state index is 12.0. The molecule has 0 saturated carbocycles. The quantitative estimate of drug-likeness (QED) is 0.546. The summed E-state index contributed by atoms with van der Waals surface area (Å²) in [6.45, 7) is 4.07. The Bertz CT molecular complexity index is 809. The van der Waals surface area contributed by atoms with Crippen LogP contribution in [0.25, 0.3) is 0 Å². The van der Waals surface area contributed by atoms with Gasteiger partial charge in [-0.1, -0.05) is 23.7 Å². The first-order valence-corrected chi connectivity index (χ1v) is 8.98. The molecule has 0 bridgehead atoms. The number of halogens is 1. The zero-order valence-corrected chi connectivity index (χ0v) is 16.7. The van der Waals surface area contributed by atoms with Crippen molar-refractivity contribution in [3.05, 3.63) is 53.1 Å². The summed E-state index contributed by atoms with van der Waals surface area (Å²) in [4.78, 5) is 13.5. The van der Waals surface area contributed by atoms with Gasteiger partial charge in [0.05, 0.1) is 23.5 Å². The second-order valence-electron chi connectivity index (χ2n) is 5.98. The minimum atomic E-state index is -0.611. The lowest BCUT2D eigenvalue weighted by Gasteiger charge is -2.20. The Kier molecular flexibility index (Phi) is 7.49. The summed E-state index contributed by atoms with van der Waals surface area (Å²) < 4.78 is 11.4. The highest BCUT2D eigenvalue weighted by Gasteiger charge is 2.18. The fraction of sp³-hybridized carbons (Fsp3) is 0.300. The van der Waals surface area contributed by atoms with Crippen LogP contribution in [0.3, 0.4) is 0 Å². The lowest BCUT2D eigenvalue weighted by molar-refractivity contribution is -0.135. The average Bonchev–Trinajstić information content (AvgIpc) is 2.64. The molecule has 2 aromatic carbocycles. The van der Waals surface area contributed by atoms with Crippen molar-refractivity contribution in [2.75, 3.05) is 26.1 Å². The Morgan fingerprint density at radius 1 is 1.26 bits per heavy atom. The van der Waals surface area contributed by atoms with E-state index < -0.39 is 6.10 Å². The molecule has 0 aliphatic rings. The lowest BCUT2D eigenvalue weighted by atomic mass is 10.2. The fourth-order valence-electron chi connectivity index (χ4n) is 2.30. The molecular formula is C20H24ClN3O3. The molecule has 0 unspecified atom stereocenters. The number of anilines is 1. The molecule has 0 aliphatic heterocycles. The maximum atomic E-state index is 12.0. The number of hydrazone groups is 1. The molecule has 0 aromatic heterocycles. The maximum Gasteiger partial charge on any atom is 0.262 e. The van der Waals surface area contributed by atoms with Gasteiger partial charge in [0, 0.05) is 14.1 Å². The molecule has 0 saturated heterocycles. The van der Waals surface area contributed by atoms with E-state index in [1.54, 1.807) is 39.4 Å². The first-order chi connectivity index (χ1) is 12.9. The van der Waals surface area contributed by atoms with Crippen LogP contribution in [-0.2, 0) is 4.79 Å². The number of carbonyl (C=O) groups is 1. The first-order valence-electron chi connectivity index (χ1n) is 8.60. The van der Waals surface area contributed by atoms with Crippen molar-refractivity contribution in [2.45, 2.75) is 20.0 Å². The fourth-order valence-corrected chi connectivity index (χ4v) is 2.48. The molecule has 7 heteroatoms. The Labute approximate surface area is 164 Å². The number of hydrogen-bond donors (Lipinski definition) is 1. The second kappa shape index (κ2) is 9.83. The van der Waals surface area contributed by atoms with E-state index >= 15 is 0 Å². The van der Waals surface area contributed by atoms with Crippen LogP contribution in [0.15, 0.2) is 47.6 Å². The molecule has 1 atom stereocenters. The lowest BCUT2D eigenvalue weighted by Crippen LogP contribution is -2.35. The predicted octanol–water partition coefficient (Wildman–Crippen LogP) is 4.04. The van der Waals surface area contributed by atoms with E-state index in [4.69, 9.17) is 21.1 Å². The van der Waals surface area contributed by atoms with E-state index in [0.717, 1.165) is 11.3 Å². The van der Waals surface area contributed by atoms with E-state index in [1.165, 1.54) is 4.90 Å². The van der Waals surface area contributed by atoms with Gasteiger partial charge in [0.1, 0.15) is 0 Å². The highest BCUT2D eigenvalue weighted by Crippen LogP contribution is 2.29. The second-order valence-corrected chi connectivity index (χ2v) is 6.39. The van der Waals surface area contributed by atoms with Crippen molar-refractivity contribution < 1.29 is 14.3 Å². The van der Waals surface area contributed by atoms with E-state index in [2.05, 4.69) is 10.5 Å². The van der Waals surface area contributed by atoms with Gasteiger partial charge in [0.25, 0.3) is 5.91 Å². The minimum absolute atomic E-state index is 0.118. The van der Waals surface area contributed by atoms with Crippen molar-refractivity contribution in [3.8, 4) is 11.5 Å². The van der Waals surface area contributed by atoms with Gasteiger partial charge < -0.3 is 14.4 Å². The van der Waals surface area contributed by atoms with Gasteiger partial charge in [-0.05, 0) is 49.7 Å². The Balaban J connectivity index is 2.13. The molecule has 1 amide bonds. The van der Waals surface area contributed by atoms with Crippen LogP contribution in [0.4, 0.5) is 5.69 Å². The zero-order valence-electron chi connectivity index (χ0n) is 15.9. The van der Waals surface area contributed by atoms with Gasteiger partial charge in [-0.15, -0.1) is 0 Å².